The fourth-order valence-corrected chi connectivity index (χ4v) is 3.08. The molecule has 6 heteroatoms. The van der Waals surface area contributed by atoms with Crippen LogP contribution in [-0.2, 0) is 0 Å². The summed E-state index contributed by atoms with van der Waals surface area (Å²) in [5.41, 5.74) is 7.14. The number of rotatable bonds is 3. The number of ether oxygens (including phenoxy) is 1. The number of anilines is 1. The van der Waals surface area contributed by atoms with Crippen molar-refractivity contribution in [2.24, 2.45) is 0 Å². The summed E-state index contributed by atoms with van der Waals surface area (Å²) >= 11 is 3.13. The Morgan fingerprint density at radius 3 is 2.58 bits per heavy atom. The molecule has 102 valence electrons. The average Bonchev–Trinajstić information content (AvgIpc) is 2.67. The van der Waals surface area contributed by atoms with Crippen molar-refractivity contribution in [3.8, 4) is 5.88 Å². The highest BCUT2D eigenvalue weighted by atomic mass is 32.2. The molecule has 0 aliphatic carbocycles. The fourth-order valence-electron chi connectivity index (χ4n) is 1.33. The van der Waals surface area contributed by atoms with Crippen LogP contribution in [0.15, 0.2) is 26.9 Å². The summed E-state index contributed by atoms with van der Waals surface area (Å²) < 4.78 is 6.72. The summed E-state index contributed by atoms with van der Waals surface area (Å²) in [6.07, 6.45) is 0. The normalized spacial score (nSPS) is 11.6. The summed E-state index contributed by atoms with van der Waals surface area (Å²) in [5.74, 6) is 0.478. The lowest BCUT2D eigenvalue weighted by Crippen LogP contribution is -2.24. The Hall–Kier alpha value is -1.27. The van der Waals surface area contributed by atoms with Gasteiger partial charge in [-0.3, -0.25) is 0 Å². The lowest BCUT2D eigenvalue weighted by Gasteiger charge is -2.21. The summed E-state index contributed by atoms with van der Waals surface area (Å²) in [6, 6.07) is 3.70. The first kappa shape index (κ1) is 14.1. The van der Waals surface area contributed by atoms with Gasteiger partial charge in [0.1, 0.15) is 10.6 Å². The van der Waals surface area contributed by atoms with Crippen molar-refractivity contribution in [1.82, 2.24) is 9.97 Å². The van der Waals surface area contributed by atoms with Gasteiger partial charge in [0.2, 0.25) is 5.88 Å². The molecular formula is C13H17N3OS2. The van der Waals surface area contributed by atoms with Gasteiger partial charge in [-0.1, -0.05) is 0 Å². The molecule has 2 rings (SSSR count). The van der Waals surface area contributed by atoms with Gasteiger partial charge in [0, 0.05) is 11.1 Å². The van der Waals surface area contributed by atoms with Crippen molar-refractivity contribution in [2.45, 2.75) is 42.7 Å². The SMILES string of the molecule is Cc1csc(Sc2ccc(N)c(OC(C)(C)C)n2)n1. The Balaban J connectivity index is 2.21. The van der Waals surface area contributed by atoms with Crippen LogP contribution in [0.1, 0.15) is 26.5 Å². The first-order valence-electron chi connectivity index (χ1n) is 5.89. The Kier molecular flexibility index (Phi) is 4.01. The summed E-state index contributed by atoms with van der Waals surface area (Å²) in [7, 11) is 0. The van der Waals surface area contributed by atoms with E-state index in [9.17, 15) is 0 Å². The van der Waals surface area contributed by atoms with Gasteiger partial charge < -0.3 is 10.5 Å². The zero-order valence-corrected chi connectivity index (χ0v) is 13.1. The number of thiazole rings is 1. The van der Waals surface area contributed by atoms with Gasteiger partial charge >= 0.3 is 0 Å². The van der Waals surface area contributed by atoms with Gasteiger partial charge in [0.05, 0.1) is 5.69 Å². The Bertz CT molecular complexity index is 576. The van der Waals surface area contributed by atoms with Crippen molar-refractivity contribution in [1.29, 1.82) is 0 Å². The predicted octanol–water partition coefficient (Wildman–Crippen LogP) is 3.76. The smallest absolute Gasteiger partial charge is 0.238 e. The molecule has 0 saturated carbocycles. The Labute approximate surface area is 121 Å². The summed E-state index contributed by atoms with van der Waals surface area (Å²) in [5, 5.41) is 2.86. The van der Waals surface area contributed by atoms with E-state index < -0.39 is 0 Å². The van der Waals surface area contributed by atoms with Crippen LogP contribution in [0.3, 0.4) is 0 Å². The number of hydrogen-bond acceptors (Lipinski definition) is 6. The van der Waals surface area contributed by atoms with Gasteiger partial charge in [-0.05, 0) is 51.6 Å². The molecule has 2 N–H and O–H groups in total. The van der Waals surface area contributed by atoms with Crippen molar-refractivity contribution in [3.05, 3.63) is 23.2 Å². The molecule has 0 spiro atoms. The van der Waals surface area contributed by atoms with E-state index in [4.69, 9.17) is 10.5 Å². The number of nitrogens with two attached hydrogens (primary N) is 1. The lowest BCUT2D eigenvalue weighted by atomic mass is 10.2. The van der Waals surface area contributed by atoms with E-state index >= 15 is 0 Å². The molecule has 0 saturated heterocycles. The van der Waals surface area contributed by atoms with E-state index in [1.54, 1.807) is 11.3 Å². The lowest BCUT2D eigenvalue weighted by molar-refractivity contribution is 0.124. The number of pyridine rings is 1. The number of aryl methyl sites for hydroxylation is 1. The number of aromatic nitrogens is 2. The molecule has 0 aliphatic heterocycles. The van der Waals surface area contributed by atoms with Crippen molar-refractivity contribution in [2.75, 3.05) is 5.73 Å². The summed E-state index contributed by atoms with van der Waals surface area (Å²) in [4.78, 5) is 8.85. The molecule has 0 aliphatic rings. The number of nitrogen functional groups attached to an aromatic ring is 1. The largest absolute Gasteiger partial charge is 0.470 e. The molecule has 0 amide bonds. The zero-order valence-electron chi connectivity index (χ0n) is 11.4. The van der Waals surface area contributed by atoms with Crippen LogP contribution >= 0.6 is 23.1 Å². The topological polar surface area (TPSA) is 61.0 Å². The average molecular weight is 295 g/mol. The van der Waals surface area contributed by atoms with Crippen LogP contribution in [0.5, 0.6) is 5.88 Å². The van der Waals surface area contributed by atoms with E-state index in [1.165, 1.54) is 11.8 Å². The molecule has 0 bridgehead atoms. The molecule has 2 aromatic rings. The second-order valence-corrected chi connectivity index (χ2v) is 7.24. The molecule has 19 heavy (non-hydrogen) atoms. The van der Waals surface area contributed by atoms with Gasteiger partial charge in [-0.2, -0.15) is 0 Å². The molecule has 2 heterocycles. The number of nitrogens with zero attached hydrogens (tertiary/aromatic N) is 2. The van der Waals surface area contributed by atoms with Crippen LogP contribution in [0.25, 0.3) is 0 Å². The second kappa shape index (κ2) is 5.38. The molecule has 0 fully saturated rings. The van der Waals surface area contributed by atoms with Crippen LogP contribution in [0, 0.1) is 6.92 Å². The zero-order chi connectivity index (χ0) is 14.0. The van der Waals surface area contributed by atoms with Crippen LogP contribution in [0.2, 0.25) is 0 Å². The quantitative estimate of drug-likeness (QED) is 0.934. The maximum absolute atomic E-state index is 5.88. The van der Waals surface area contributed by atoms with Crippen LogP contribution in [0.4, 0.5) is 5.69 Å². The maximum atomic E-state index is 5.88. The minimum Gasteiger partial charge on any atom is -0.470 e. The number of hydrogen-bond donors (Lipinski definition) is 1. The fraction of sp³-hybridized carbons (Fsp3) is 0.385. The van der Waals surface area contributed by atoms with Crippen LogP contribution < -0.4 is 10.5 Å². The van der Waals surface area contributed by atoms with E-state index in [-0.39, 0.29) is 5.60 Å². The third kappa shape index (κ3) is 4.11. The van der Waals surface area contributed by atoms with E-state index in [0.717, 1.165) is 15.1 Å². The molecule has 0 atom stereocenters. The third-order valence-electron chi connectivity index (χ3n) is 2.06. The van der Waals surface area contributed by atoms with Gasteiger partial charge in [0.15, 0.2) is 4.34 Å². The monoisotopic (exact) mass is 295 g/mol. The van der Waals surface area contributed by atoms with Gasteiger partial charge in [-0.25, -0.2) is 9.97 Å². The third-order valence-corrected chi connectivity index (χ3v) is 4.05. The van der Waals surface area contributed by atoms with E-state index in [1.807, 2.05) is 45.2 Å². The van der Waals surface area contributed by atoms with Crippen molar-refractivity contribution in [3.63, 3.8) is 0 Å². The Morgan fingerprint density at radius 1 is 1.26 bits per heavy atom. The standard InChI is InChI=1S/C13H17N3OS2/c1-8-7-18-12(15-8)19-10-6-5-9(14)11(16-10)17-13(2,3)4/h5-7H,14H2,1-4H3. The van der Waals surface area contributed by atoms with Gasteiger partial charge in [-0.15, -0.1) is 11.3 Å². The second-order valence-electron chi connectivity index (χ2n) is 5.12. The van der Waals surface area contributed by atoms with E-state index in [0.29, 0.717) is 11.6 Å². The molecule has 0 aromatic carbocycles. The first-order chi connectivity index (χ1) is 8.83. The molecule has 0 radical (unpaired) electrons. The van der Waals surface area contributed by atoms with E-state index in [2.05, 4.69) is 9.97 Å². The molecule has 2 aromatic heterocycles. The molecule has 0 unspecified atom stereocenters. The highest BCUT2D eigenvalue weighted by Gasteiger charge is 2.16. The van der Waals surface area contributed by atoms with Gasteiger partial charge in [0.25, 0.3) is 0 Å². The highest BCUT2D eigenvalue weighted by Crippen LogP contribution is 2.32. The van der Waals surface area contributed by atoms with Crippen LogP contribution in [-0.4, -0.2) is 15.6 Å². The minimum absolute atomic E-state index is 0.317. The van der Waals surface area contributed by atoms with Crippen molar-refractivity contribution >= 4 is 28.8 Å². The minimum atomic E-state index is -0.317. The van der Waals surface area contributed by atoms with Crippen molar-refractivity contribution < 1.29 is 4.74 Å². The summed E-state index contributed by atoms with van der Waals surface area (Å²) in [6.45, 7) is 7.89. The highest BCUT2D eigenvalue weighted by molar-refractivity contribution is 8.01. The Morgan fingerprint density at radius 2 is 2.00 bits per heavy atom. The first-order valence-corrected chi connectivity index (χ1v) is 7.58. The molecule has 4 nitrogen and oxygen atoms in total. The molecular weight excluding hydrogens is 278 g/mol. The maximum Gasteiger partial charge on any atom is 0.238 e. The predicted molar refractivity (Wildman–Crippen MR) is 80.0 cm³/mol.